The molecule has 1 heterocycles. The molecular formula is C19H19N3O5S. The first-order chi connectivity index (χ1) is 13.5. The van der Waals surface area contributed by atoms with Crippen molar-refractivity contribution in [3.63, 3.8) is 0 Å². The maximum atomic E-state index is 10.8. The summed E-state index contributed by atoms with van der Waals surface area (Å²) in [5, 5.41) is 19.1. The Morgan fingerprint density at radius 2 is 2.00 bits per heavy atom. The van der Waals surface area contributed by atoms with Gasteiger partial charge in [-0.25, -0.2) is 0 Å². The van der Waals surface area contributed by atoms with Crippen LogP contribution in [0.5, 0.6) is 11.5 Å². The zero-order valence-electron chi connectivity index (χ0n) is 15.5. The number of aryl methyl sites for hydroxylation is 2. The molecule has 0 bridgehead atoms. The van der Waals surface area contributed by atoms with Crippen LogP contribution in [0.3, 0.4) is 0 Å². The fourth-order valence-electron chi connectivity index (χ4n) is 2.33. The van der Waals surface area contributed by atoms with E-state index >= 15 is 0 Å². The molecule has 0 aliphatic carbocycles. The van der Waals surface area contributed by atoms with Crippen molar-refractivity contribution in [1.82, 2.24) is 10.2 Å². The van der Waals surface area contributed by atoms with Crippen LogP contribution in [0, 0.1) is 24.0 Å². The van der Waals surface area contributed by atoms with Gasteiger partial charge >= 0.3 is 0 Å². The van der Waals surface area contributed by atoms with Crippen LogP contribution in [0.2, 0.25) is 0 Å². The molecule has 0 radical (unpaired) electrons. The van der Waals surface area contributed by atoms with Gasteiger partial charge in [-0.1, -0.05) is 30.0 Å². The number of aromatic nitrogens is 2. The number of nitro groups is 1. The number of nitro benzene ring substituents is 1. The standard InChI is InChI=1S/C19H19N3O5S/c1-13-6-7-14(2)17(10-13)26-12-18-20-21-19(27-18)28-9-8-25-16-5-3-4-15(11-16)22(23)24/h3-7,10-11H,8-9,12H2,1-2H3. The summed E-state index contributed by atoms with van der Waals surface area (Å²) in [6.07, 6.45) is 0. The summed E-state index contributed by atoms with van der Waals surface area (Å²) >= 11 is 1.34. The van der Waals surface area contributed by atoms with Gasteiger partial charge in [-0.05, 0) is 37.1 Å². The van der Waals surface area contributed by atoms with E-state index in [-0.39, 0.29) is 12.3 Å². The van der Waals surface area contributed by atoms with Crippen LogP contribution < -0.4 is 9.47 Å². The Kier molecular flexibility index (Phi) is 6.49. The maximum absolute atomic E-state index is 10.8. The minimum Gasteiger partial charge on any atom is -0.492 e. The molecule has 0 unspecified atom stereocenters. The highest BCUT2D eigenvalue weighted by Gasteiger charge is 2.10. The predicted molar refractivity (Wildman–Crippen MR) is 104 cm³/mol. The molecule has 0 fully saturated rings. The lowest BCUT2D eigenvalue weighted by atomic mass is 10.1. The molecule has 0 saturated carbocycles. The second kappa shape index (κ2) is 9.23. The highest BCUT2D eigenvalue weighted by atomic mass is 32.2. The van der Waals surface area contributed by atoms with Crippen molar-refractivity contribution in [1.29, 1.82) is 0 Å². The van der Waals surface area contributed by atoms with Crippen molar-refractivity contribution >= 4 is 17.4 Å². The first-order valence-corrected chi connectivity index (χ1v) is 9.52. The average molecular weight is 401 g/mol. The van der Waals surface area contributed by atoms with Crippen LogP contribution in [-0.4, -0.2) is 27.5 Å². The second-order valence-electron chi connectivity index (χ2n) is 5.97. The van der Waals surface area contributed by atoms with Crippen LogP contribution in [0.1, 0.15) is 17.0 Å². The topological polar surface area (TPSA) is 101 Å². The van der Waals surface area contributed by atoms with E-state index in [4.69, 9.17) is 13.9 Å². The molecule has 0 spiro atoms. The van der Waals surface area contributed by atoms with Crippen molar-refractivity contribution in [3.8, 4) is 11.5 Å². The molecule has 0 amide bonds. The average Bonchev–Trinajstić information content (AvgIpc) is 3.14. The molecule has 9 heteroatoms. The number of ether oxygens (including phenoxy) is 2. The highest BCUT2D eigenvalue weighted by molar-refractivity contribution is 7.99. The van der Waals surface area contributed by atoms with Gasteiger partial charge in [-0.15, -0.1) is 10.2 Å². The van der Waals surface area contributed by atoms with Gasteiger partial charge in [-0.2, -0.15) is 0 Å². The molecule has 3 aromatic rings. The Morgan fingerprint density at radius 3 is 2.82 bits per heavy atom. The first-order valence-electron chi connectivity index (χ1n) is 8.54. The molecule has 2 aromatic carbocycles. The number of thioether (sulfide) groups is 1. The molecule has 0 aliphatic heterocycles. The SMILES string of the molecule is Cc1ccc(C)c(OCc2nnc(SCCOc3cccc([N+](=O)[O-])c3)o2)c1. The lowest BCUT2D eigenvalue weighted by Gasteiger charge is -2.07. The Hall–Kier alpha value is -3.07. The molecule has 3 rings (SSSR count). The largest absolute Gasteiger partial charge is 0.492 e. The van der Waals surface area contributed by atoms with E-state index in [1.807, 2.05) is 32.0 Å². The number of hydrogen-bond acceptors (Lipinski definition) is 8. The fraction of sp³-hybridized carbons (Fsp3) is 0.263. The zero-order chi connectivity index (χ0) is 19.9. The monoisotopic (exact) mass is 401 g/mol. The molecule has 0 saturated heterocycles. The minimum atomic E-state index is -0.456. The second-order valence-corrected chi connectivity index (χ2v) is 7.02. The van der Waals surface area contributed by atoms with Gasteiger partial charge in [0.15, 0.2) is 6.61 Å². The third-order valence-electron chi connectivity index (χ3n) is 3.75. The van der Waals surface area contributed by atoms with E-state index in [9.17, 15) is 10.1 Å². The van der Waals surface area contributed by atoms with E-state index in [2.05, 4.69) is 10.2 Å². The lowest BCUT2D eigenvalue weighted by Crippen LogP contribution is -2.00. The quantitative estimate of drug-likeness (QED) is 0.226. The molecule has 1 aromatic heterocycles. The molecule has 8 nitrogen and oxygen atoms in total. The van der Waals surface area contributed by atoms with E-state index in [1.165, 1.54) is 23.9 Å². The Balaban J connectivity index is 1.44. The number of rotatable bonds is 9. The number of nitrogens with zero attached hydrogens (tertiary/aromatic N) is 3. The summed E-state index contributed by atoms with van der Waals surface area (Å²) in [6.45, 7) is 4.53. The Morgan fingerprint density at radius 1 is 1.14 bits per heavy atom. The van der Waals surface area contributed by atoms with Crippen LogP contribution in [0.15, 0.2) is 52.1 Å². The summed E-state index contributed by atoms with van der Waals surface area (Å²) in [6, 6.07) is 12.1. The van der Waals surface area contributed by atoms with Gasteiger partial charge in [0.2, 0.25) is 0 Å². The van der Waals surface area contributed by atoms with Crippen LogP contribution >= 0.6 is 11.8 Å². The smallest absolute Gasteiger partial charge is 0.276 e. The summed E-state index contributed by atoms with van der Waals surface area (Å²) in [4.78, 5) is 10.3. The van der Waals surface area contributed by atoms with Crippen LogP contribution in [0.4, 0.5) is 5.69 Å². The van der Waals surface area contributed by atoms with Gasteiger partial charge in [0, 0.05) is 11.8 Å². The van der Waals surface area contributed by atoms with Crippen molar-refractivity contribution in [3.05, 3.63) is 69.6 Å². The van der Waals surface area contributed by atoms with E-state index in [0.29, 0.717) is 29.2 Å². The number of non-ortho nitro benzene ring substituents is 1. The lowest BCUT2D eigenvalue weighted by molar-refractivity contribution is -0.384. The maximum Gasteiger partial charge on any atom is 0.276 e. The molecule has 0 atom stereocenters. The van der Waals surface area contributed by atoms with Gasteiger partial charge in [0.05, 0.1) is 17.6 Å². The molecule has 0 aliphatic rings. The van der Waals surface area contributed by atoms with Gasteiger partial charge < -0.3 is 13.9 Å². The highest BCUT2D eigenvalue weighted by Crippen LogP contribution is 2.22. The molecule has 146 valence electrons. The normalized spacial score (nSPS) is 10.6. The van der Waals surface area contributed by atoms with Crippen molar-refractivity contribution in [2.24, 2.45) is 0 Å². The molecular weight excluding hydrogens is 382 g/mol. The third kappa shape index (κ3) is 5.46. The minimum absolute atomic E-state index is 0.00413. The van der Waals surface area contributed by atoms with E-state index in [0.717, 1.165) is 16.9 Å². The van der Waals surface area contributed by atoms with Gasteiger partial charge in [0.1, 0.15) is 11.5 Å². The van der Waals surface area contributed by atoms with Crippen molar-refractivity contribution < 1.29 is 18.8 Å². The Bertz CT molecular complexity index is 960. The van der Waals surface area contributed by atoms with Gasteiger partial charge in [0.25, 0.3) is 16.8 Å². The van der Waals surface area contributed by atoms with Crippen molar-refractivity contribution in [2.45, 2.75) is 25.7 Å². The van der Waals surface area contributed by atoms with Crippen molar-refractivity contribution in [2.75, 3.05) is 12.4 Å². The summed E-state index contributed by atoms with van der Waals surface area (Å²) < 4.78 is 16.8. The Labute approximate surface area is 166 Å². The third-order valence-corrected chi connectivity index (χ3v) is 4.53. The summed E-state index contributed by atoms with van der Waals surface area (Å²) in [5.41, 5.74) is 2.15. The van der Waals surface area contributed by atoms with Crippen LogP contribution in [0.25, 0.3) is 0 Å². The number of hydrogen-bond donors (Lipinski definition) is 0. The molecule has 0 N–H and O–H groups in total. The summed E-state index contributed by atoms with van der Waals surface area (Å²) in [5.74, 6) is 2.19. The summed E-state index contributed by atoms with van der Waals surface area (Å²) in [7, 11) is 0. The van der Waals surface area contributed by atoms with Crippen LogP contribution in [-0.2, 0) is 6.61 Å². The van der Waals surface area contributed by atoms with E-state index < -0.39 is 4.92 Å². The predicted octanol–water partition coefficient (Wildman–Crippen LogP) is 4.34. The molecule has 28 heavy (non-hydrogen) atoms. The van der Waals surface area contributed by atoms with Gasteiger partial charge in [-0.3, -0.25) is 10.1 Å². The van der Waals surface area contributed by atoms with E-state index in [1.54, 1.807) is 12.1 Å². The first kappa shape index (κ1) is 19.7. The fourth-order valence-corrected chi connectivity index (χ4v) is 2.93. The number of benzene rings is 2. The zero-order valence-corrected chi connectivity index (χ0v) is 16.3.